The number of allylic oxidation sites excluding steroid dienone is 1. The maximum atomic E-state index is 14.2. The van der Waals surface area contributed by atoms with Gasteiger partial charge in [-0.3, -0.25) is 24.6 Å². The summed E-state index contributed by atoms with van der Waals surface area (Å²) in [4.78, 5) is 51.9. The highest BCUT2D eigenvalue weighted by molar-refractivity contribution is 6.00. The van der Waals surface area contributed by atoms with Crippen LogP contribution in [0.5, 0.6) is 0 Å². The maximum Gasteiger partial charge on any atom is 0.303 e. The number of rotatable bonds is 8. The van der Waals surface area contributed by atoms with Gasteiger partial charge in [0, 0.05) is 36.7 Å². The monoisotopic (exact) mass is 578 g/mol. The van der Waals surface area contributed by atoms with Crippen molar-refractivity contribution in [3.63, 3.8) is 0 Å². The lowest BCUT2D eigenvalue weighted by Crippen LogP contribution is -2.54. The van der Waals surface area contributed by atoms with Crippen molar-refractivity contribution in [1.82, 2.24) is 14.9 Å². The van der Waals surface area contributed by atoms with Gasteiger partial charge in [-0.2, -0.15) is 0 Å². The molecule has 1 aromatic rings. The second-order valence-corrected chi connectivity index (χ2v) is 14.0. The third-order valence-corrected chi connectivity index (χ3v) is 11.7. The van der Waals surface area contributed by atoms with E-state index in [1.165, 1.54) is 24.3 Å². The summed E-state index contributed by atoms with van der Waals surface area (Å²) < 4.78 is 7.41. The van der Waals surface area contributed by atoms with E-state index < -0.39 is 6.10 Å². The molecule has 228 valence electrons. The van der Waals surface area contributed by atoms with Crippen molar-refractivity contribution in [3.8, 4) is 0 Å². The molecule has 0 spiro atoms. The van der Waals surface area contributed by atoms with Gasteiger partial charge in [0.15, 0.2) is 5.78 Å². The number of Topliss-reactive ketones (excluding diaryl/α,β-unsaturated/α-hetero) is 2. The van der Waals surface area contributed by atoms with Gasteiger partial charge < -0.3 is 4.74 Å². The van der Waals surface area contributed by atoms with Crippen LogP contribution in [-0.2, 0) is 23.9 Å². The fourth-order valence-corrected chi connectivity index (χ4v) is 9.28. The fourth-order valence-electron chi connectivity index (χ4n) is 9.28. The molecule has 0 aliphatic heterocycles. The third-order valence-electron chi connectivity index (χ3n) is 11.7. The molecule has 4 aliphatic rings. The zero-order chi connectivity index (χ0) is 30.6. The number of carbonyl (C=O) groups excluding carboxylic acids is 4. The zero-order valence-electron chi connectivity index (χ0n) is 25.9. The third kappa shape index (κ3) is 5.06. The van der Waals surface area contributed by atoms with Gasteiger partial charge >= 0.3 is 5.97 Å². The number of hydrogen-bond donors (Lipinski definition) is 1. The molecule has 0 aromatic carbocycles. The molecule has 9 heteroatoms. The summed E-state index contributed by atoms with van der Waals surface area (Å²) >= 11 is 0. The first-order chi connectivity index (χ1) is 19.8. The van der Waals surface area contributed by atoms with Gasteiger partial charge in [0.25, 0.3) is 0 Å². The highest BCUT2D eigenvalue weighted by Gasteiger charge is 2.62. The lowest BCUT2D eigenvalue weighted by atomic mass is 9.48. The first kappa shape index (κ1) is 30.4. The summed E-state index contributed by atoms with van der Waals surface area (Å²) in [5.74, 6) is 0.242. The summed E-state index contributed by atoms with van der Waals surface area (Å²) in [7, 11) is 0. The van der Waals surface area contributed by atoms with Crippen molar-refractivity contribution in [3.05, 3.63) is 36.0 Å². The average molecular weight is 579 g/mol. The van der Waals surface area contributed by atoms with Crippen LogP contribution < -0.4 is 5.43 Å². The Balaban J connectivity index is 1.35. The van der Waals surface area contributed by atoms with Crippen LogP contribution in [0.2, 0.25) is 0 Å². The summed E-state index contributed by atoms with van der Waals surface area (Å²) in [5.41, 5.74) is 4.98. The molecule has 5 rings (SSSR count). The summed E-state index contributed by atoms with van der Waals surface area (Å²) in [6.45, 7) is 16.2. The van der Waals surface area contributed by atoms with E-state index in [1.54, 1.807) is 0 Å². The van der Waals surface area contributed by atoms with E-state index in [9.17, 15) is 19.2 Å². The van der Waals surface area contributed by atoms with Gasteiger partial charge in [-0.1, -0.05) is 39.8 Å². The number of hydrogen-bond acceptors (Lipinski definition) is 7. The van der Waals surface area contributed by atoms with Crippen LogP contribution in [-0.4, -0.2) is 44.4 Å². The van der Waals surface area contributed by atoms with Crippen LogP contribution in [0.4, 0.5) is 0 Å². The van der Waals surface area contributed by atoms with Crippen LogP contribution in [0, 0.1) is 46.3 Å². The zero-order valence-corrected chi connectivity index (χ0v) is 25.9. The molecule has 2 saturated carbocycles. The molecule has 4 aliphatic carbocycles. The Kier molecular flexibility index (Phi) is 8.09. The quantitative estimate of drug-likeness (QED) is 0.332. The molecule has 9 atom stereocenters. The Morgan fingerprint density at radius 3 is 2.55 bits per heavy atom. The highest BCUT2D eigenvalue weighted by Crippen LogP contribution is 2.65. The Bertz CT molecular complexity index is 1320. The van der Waals surface area contributed by atoms with Crippen molar-refractivity contribution in [1.29, 1.82) is 0 Å². The van der Waals surface area contributed by atoms with E-state index in [0.717, 1.165) is 42.4 Å². The number of esters is 1. The normalized spacial score (nSPS) is 35.5. The van der Waals surface area contributed by atoms with Crippen LogP contribution in [0.3, 0.4) is 0 Å². The minimum Gasteiger partial charge on any atom is -0.458 e. The molecular weight excluding hydrogens is 532 g/mol. The second-order valence-electron chi connectivity index (χ2n) is 14.0. The van der Waals surface area contributed by atoms with E-state index in [4.69, 9.17) is 4.74 Å². The lowest BCUT2D eigenvalue weighted by molar-refractivity contribution is -0.150. The van der Waals surface area contributed by atoms with E-state index in [2.05, 4.69) is 43.0 Å². The number of ketones is 2. The van der Waals surface area contributed by atoms with Gasteiger partial charge in [0.2, 0.25) is 5.91 Å². The van der Waals surface area contributed by atoms with Gasteiger partial charge in [-0.05, 0) is 80.1 Å². The maximum absolute atomic E-state index is 14.2. The predicted octanol–water partition coefficient (Wildman–Crippen LogP) is 5.22. The molecule has 1 heterocycles. The summed E-state index contributed by atoms with van der Waals surface area (Å²) in [5, 5.41) is 7.42. The first-order valence-electron chi connectivity index (χ1n) is 15.6. The minimum absolute atomic E-state index is 0.00141. The molecule has 0 saturated heterocycles. The van der Waals surface area contributed by atoms with Crippen molar-refractivity contribution < 1.29 is 23.9 Å². The molecule has 9 nitrogen and oxygen atoms in total. The van der Waals surface area contributed by atoms with Crippen molar-refractivity contribution >= 4 is 23.4 Å². The van der Waals surface area contributed by atoms with E-state index in [1.807, 2.05) is 13.8 Å². The smallest absolute Gasteiger partial charge is 0.303 e. The van der Waals surface area contributed by atoms with Crippen molar-refractivity contribution in [2.24, 2.45) is 46.3 Å². The Labute approximate surface area is 248 Å². The fraction of sp³-hybridized carbons (Fsp3) is 0.697. The Morgan fingerprint density at radius 1 is 1.19 bits per heavy atom. The molecule has 1 N–H and O–H groups in total. The molecular formula is C33H46N4O5. The molecule has 1 aromatic heterocycles. The first-order valence-corrected chi connectivity index (χ1v) is 15.6. The molecule has 42 heavy (non-hydrogen) atoms. The van der Waals surface area contributed by atoms with E-state index >= 15 is 0 Å². The van der Waals surface area contributed by atoms with Crippen LogP contribution >= 0.6 is 0 Å². The van der Waals surface area contributed by atoms with Crippen LogP contribution in [0.1, 0.15) is 92.9 Å². The minimum atomic E-state index is -0.448. The highest BCUT2D eigenvalue weighted by atomic mass is 16.5. The molecule has 0 radical (unpaired) electrons. The van der Waals surface area contributed by atoms with Crippen molar-refractivity contribution in [2.75, 3.05) is 5.43 Å². The molecule has 0 unspecified atom stereocenters. The predicted molar refractivity (Wildman–Crippen MR) is 157 cm³/mol. The molecule has 2 fully saturated rings. The number of carbonyl (C=O) groups is 4. The lowest BCUT2D eigenvalue weighted by Gasteiger charge is -2.56. The van der Waals surface area contributed by atoms with Gasteiger partial charge in [0.1, 0.15) is 24.5 Å². The standard InChI is InChI=1S/C33H46N4O5/c1-18(20(3)31(41)36-37-16-34-35-17-37)8-9-19(2)23-10-11-24-29-28(42-22(5)38)14-25-21(4)26(39)12-13-32(25,6)30(29)27(40)15-33(23,24)7/h16-17,19-21,23-25,28H,1,8-15H2,2-7H3,(H,36,41)/t19-,20+,21+,23-,24+,25+,28-,32+,33-/m1/s1. The topological polar surface area (TPSA) is 120 Å². The molecule has 1 amide bonds. The SMILES string of the molecule is C=C(CC[C@@H](C)[C@H]1CC[C@H]2C3=C(C(=O)C[C@]12C)[C@@]1(C)CCC(=O)[C@@H](C)[C@@H]1C[C@H]3OC(C)=O)[C@H](C)C(=O)Nn1cnnc1. The number of aromatic nitrogens is 3. The number of nitrogens with zero attached hydrogens (tertiary/aromatic N) is 3. The summed E-state index contributed by atoms with van der Waals surface area (Å²) in [6.07, 6.45) is 8.27. The number of nitrogens with one attached hydrogen (secondary N) is 1. The van der Waals surface area contributed by atoms with Gasteiger partial charge in [0.05, 0.1) is 5.92 Å². The largest absolute Gasteiger partial charge is 0.458 e. The van der Waals surface area contributed by atoms with Crippen LogP contribution in [0.25, 0.3) is 0 Å². The summed E-state index contributed by atoms with van der Waals surface area (Å²) in [6, 6.07) is 0. The number of fused-ring (bicyclic) bond motifs is 4. The number of ether oxygens (including phenoxy) is 1. The Hall–Kier alpha value is -3.10. The number of amides is 1. The molecule has 0 bridgehead atoms. The van der Waals surface area contributed by atoms with E-state index in [-0.39, 0.29) is 57.9 Å². The van der Waals surface area contributed by atoms with Gasteiger partial charge in [-0.25, -0.2) is 4.68 Å². The Morgan fingerprint density at radius 2 is 1.88 bits per heavy atom. The van der Waals surface area contributed by atoms with Gasteiger partial charge in [-0.15, -0.1) is 10.2 Å². The second kappa shape index (κ2) is 11.2. The van der Waals surface area contributed by atoms with E-state index in [0.29, 0.717) is 37.5 Å². The van der Waals surface area contributed by atoms with Crippen molar-refractivity contribution in [2.45, 2.75) is 99.0 Å². The van der Waals surface area contributed by atoms with Crippen LogP contribution in [0.15, 0.2) is 36.0 Å². The average Bonchev–Trinajstić information content (AvgIpc) is 3.56.